The highest BCUT2D eigenvalue weighted by atomic mass is 16.3. The topological polar surface area (TPSA) is 110 Å². The highest BCUT2D eigenvalue weighted by Crippen LogP contribution is 2.44. The third kappa shape index (κ3) is 4.75. The van der Waals surface area contributed by atoms with Crippen molar-refractivity contribution in [3.05, 3.63) is 82.4 Å². The van der Waals surface area contributed by atoms with Crippen molar-refractivity contribution in [1.29, 1.82) is 0 Å². The second-order valence-electron chi connectivity index (χ2n) is 12.7. The SMILES string of the molecule is CC(C)(C)CC(C)(C)c1cc(-n2nc3cc4c(cc3n2)C(=O)N=NC4=O)c(O)c(C(C)(C)c2ccccc2)c1. The number of nitrogens with zero attached hydrogens (tertiary/aromatic N) is 5. The zero-order valence-electron chi connectivity index (χ0n) is 23.4. The Kier molecular flexibility index (Phi) is 6.05. The number of benzene rings is 3. The molecule has 1 aliphatic heterocycles. The van der Waals surface area contributed by atoms with Crippen molar-refractivity contribution in [3.63, 3.8) is 0 Å². The van der Waals surface area contributed by atoms with Crippen LogP contribution in [0.15, 0.2) is 64.8 Å². The first-order valence-electron chi connectivity index (χ1n) is 13.0. The first kappa shape index (κ1) is 26.4. The number of amides is 2. The standard InChI is InChI=1S/C31H33N5O3/c1-29(2,3)17-30(4,5)19-13-22(31(6,7)18-11-9-8-10-12-18)26(37)25(14-19)36-34-23-15-20-21(16-24(23)35-36)28(39)33-32-27(20)38/h8-16,37H,17H2,1-7H3. The number of phenols is 1. The molecule has 8 nitrogen and oxygen atoms in total. The molecule has 0 spiro atoms. The van der Waals surface area contributed by atoms with Gasteiger partial charge in [-0.2, -0.15) is 0 Å². The number of hydrogen-bond acceptors (Lipinski definition) is 5. The second-order valence-corrected chi connectivity index (χ2v) is 12.7. The number of aromatic nitrogens is 3. The van der Waals surface area contributed by atoms with Crippen LogP contribution in [0.1, 0.15) is 92.3 Å². The van der Waals surface area contributed by atoms with Crippen molar-refractivity contribution in [1.82, 2.24) is 15.0 Å². The van der Waals surface area contributed by atoms with Gasteiger partial charge in [0.2, 0.25) is 0 Å². The number of azo groups is 1. The molecule has 0 radical (unpaired) electrons. The van der Waals surface area contributed by atoms with Crippen molar-refractivity contribution in [2.75, 3.05) is 0 Å². The molecule has 5 rings (SSSR count). The fraction of sp³-hybridized carbons (Fsp3) is 0.355. The van der Waals surface area contributed by atoms with E-state index in [0.29, 0.717) is 16.7 Å². The van der Waals surface area contributed by atoms with E-state index in [0.717, 1.165) is 23.1 Å². The molecule has 39 heavy (non-hydrogen) atoms. The molecule has 0 aliphatic carbocycles. The van der Waals surface area contributed by atoms with Crippen LogP contribution in [0.25, 0.3) is 16.7 Å². The van der Waals surface area contributed by atoms with Crippen LogP contribution in [-0.4, -0.2) is 31.9 Å². The summed E-state index contributed by atoms with van der Waals surface area (Å²) in [7, 11) is 0. The van der Waals surface area contributed by atoms with Gasteiger partial charge < -0.3 is 5.11 Å². The molecule has 2 amide bonds. The Morgan fingerprint density at radius 3 is 1.79 bits per heavy atom. The number of carbonyl (C=O) groups excluding carboxylic acids is 2. The van der Waals surface area contributed by atoms with E-state index in [1.807, 2.05) is 24.3 Å². The van der Waals surface area contributed by atoms with Crippen LogP contribution in [-0.2, 0) is 10.8 Å². The third-order valence-corrected chi connectivity index (χ3v) is 7.44. The number of carbonyl (C=O) groups is 2. The van der Waals surface area contributed by atoms with Gasteiger partial charge in [0.15, 0.2) is 0 Å². The lowest BCUT2D eigenvalue weighted by Crippen LogP contribution is -2.27. The molecule has 0 unspecified atom stereocenters. The lowest BCUT2D eigenvalue weighted by atomic mass is 9.70. The smallest absolute Gasteiger partial charge is 0.296 e. The first-order chi connectivity index (χ1) is 18.2. The Hall–Kier alpha value is -4.20. The Morgan fingerprint density at radius 1 is 0.744 bits per heavy atom. The van der Waals surface area contributed by atoms with Crippen LogP contribution in [0, 0.1) is 5.41 Å². The van der Waals surface area contributed by atoms with E-state index in [1.54, 1.807) is 0 Å². The minimum absolute atomic E-state index is 0.0707. The maximum atomic E-state index is 12.3. The molecule has 1 N–H and O–H groups in total. The molecule has 0 fully saturated rings. The van der Waals surface area contributed by atoms with E-state index in [1.165, 1.54) is 16.9 Å². The van der Waals surface area contributed by atoms with Gasteiger partial charge in [-0.3, -0.25) is 9.59 Å². The third-order valence-electron chi connectivity index (χ3n) is 7.44. The summed E-state index contributed by atoms with van der Waals surface area (Å²) in [6.45, 7) is 15.2. The van der Waals surface area contributed by atoms with Crippen molar-refractivity contribution < 1.29 is 14.7 Å². The molecule has 0 saturated carbocycles. The van der Waals surface area contributed by atoms with Crippen LogP contribution in [0.5, 0.6) is 5.75 Å². The molecule has 1 aliphatic rings. The number of fused-ring (bicyclic) bond motifs is 2. The van der Waals surface area contributed by atoms with Crippen LogP contribution in [0.2, 0.25) is 0 Å². The highest BCUT2D eigenvalue weighted by Gasteiger charge is 2.34. The van der Waals surface area contributed by atoms with Crippen LogP contribution >= 0.6 is 0 Å². The van der Waals surface area contributed by atoms with E-state index in [4.69, 9.17) is 0 Å². The maximum absolute atomic E-state index is 12.3. The van der Waals surface area contributed by atoms with Gasteiger partial charge in [-0.15, -0.1) is 25.2 Å². The fourth-order valence-corrected chi connectivity index (χ4v) is 5.70. The Balaban J connectivity index is 1.74. The summed E-state index contributed by atoms with van der Waals surface area (Å²) < 4.78 is 0. The Labute approximate surface area is 227 Å². The molecule has 0 saturated heterocycles. The molecular formula is C31H33N5O3. The molecular weight excluding hydrogens is 490 g/mol. The van der Waals surface area contributed by atoms with Gasteiger partial charge in [-0.1, -0.05) is 84.9 Å². The van der Waals surface area contributed by atoms with Crippen molar-refractivity contribution in [2.45, 2.75) is 65.7 Å². The molecule has 3 aromatic carbocycles. The summed E-state index contributed by atoms with van der Waals surface area (Å²) in [5, 5.41) is 27.8. The average Bonchev–Trinajstić information content (AvgIpc) is 3.27. The van der Waals surface area contributed by atoms with E-state index in [9.17, 15) is 14.7 Å². The summed E-state index contributed by atoms with van der Waals surface area (Å²) in [6, 6.07) is 17.1. The zero-order chi connectivity index (χ0) is 28.3. The number of hydrogen-bond donors (Lipinski definition) is 1. The Morgan fingerprint density at radius 2 is 1.28 bits per heavy atom. The van der Waals surface area contributed by atoms with Crippen molar-refractivity contribution in [3.8, 4) is 11.4 Å². The van der Waals surface area contributed by atoms with E-state index in [2.05, 4.69) is 87.1 Å². The minimum atomic E-state index is -0.596. The van der Waals surface area contributed by atoms with Gasteiger partial charge in [0.05, 0.1) is 11.1 Å². The van der Waals surface area contributed by atoms with Crippen molar-refractivity contribution >= 4 is 22.8 Å². The molecule has 1 aromatic heterocycles. The number of aromatic hydroxyl groups is 1. The summed E-state index contributed by atoms with van der Waals surface area (Å²) in [4.78, 5) is 25.9. The summed E-state index contributed by atoms with van der Waals surface area (Å²) in [6.07, 6.45) is 0.911. The molecule has 0 bridgehead atoms. The summed E-state index contributed by atoms with van der Waals surface area (Å²) >= 11 is 0. The quantitative estimate of drug-likeness (QED) is 0.306. The van der Waals surface area contributed by atoms with E-state index < -0.39 is 17.2 Å². The molecule has 0 atom stereocenters. The minimum Gasteiger partial charge on any atom is -0.505 e. The van der Waals surface area contributed by atoms with E-state index in [-0.39, 0.29) is 27.7 Å². The second kappa shape index (κ2) is 8.93. The van der Waals surface area contributed by atoms with Gasteiger partial charge in [0, 0.05) is 11.0 Å². The van der Waals surface area contributed by atoms with Crippen LogP contribution < -0.4 is 0 Å². The van der Waals surface area contributed by atoms with Gasteiger partial charge in [0.1, 0.15) is 22.5 Å². The molecule has 8 heteroatoms. The lowest BCUT2D eigenvalue weighted by molar-refractivity contribution is 0.0921. The number of phenolic OH excluding ortho intramolecular Hbond substituents is 1. The predicted molar refractivity (Wildman–Crippen MR) is 150 cm³/mol. The molecule has 2 heterocycles. The number of rotatable bonds is 5. The zero-order valence-corrected chi connectivity index (χ0v) is 23.4. The van der Waals surface area contributed by atoms with E-state index >= 15 is 0 Å². The highest BCUT2D eigenvalue weighted by molar-refractivity contribution is 6.13. The van der Waals surface area contributed by atoms with Gasteiger partial charge in [-0.05, 0) is 46.6 Å². The maximum Gasteiger partial charge on any atom is 0.296 e. The normalized spacial score (nSPS) is 14.2. The average molecular weight is 524 g/mol. The van der Waals surface area contributed by atoms with Crippen LogP contribution in [0.4, 0.5) is 0 Å². The molecule has 200 valence electrons. The fourth-order valence-electron chi connectivity index (χ4n) is 5.70. The van der Waals surface area contributed by atoms with Crippen molar-refractivity contribution in [2.24, 2.45) is 15.6 Å². The Bertz CT molecular complexity index is 1600. The van der Waals surface area contributed by atoms with Gasteiger partial charge >= 0.3 is 0 Å². The largest absolute Gasteiger partial charge is 0.505 e. The summed E-state index contributed by atoms with van der Waals surface area (Å²) in [5.41, 5.74) is 3.72. The predicted octanol–water partition coefficient (Wildman–Crippen LogP) is 6.91. The first-order valence-corrected chi connectivity index (χ1v) is 13.0. The van der Waals surface area contributed by atoms with Gasteiger partial charge in [-0.25, -0.2) is 0 Å². The van der Waals surface area contributed by atoms with Gasteiger partial charge in [0.25, 0.3) is 11.8 Å². The lowest BCUT2D eigenvalue weighted by Gasteiger charge is -2.35. The van der Waals surface area contributed by atoms with Crippen LogP contribution in [0.3, 0.4) is 0 Å². The molecule has 4 aromatic rings. The summed E-state index contributed by atoms with van der Waals surface area (Å²) in [5.74, 6) is -1.12. The monoisotopic (exact) mass is 523 g/mol.